The summed E-state index contributed by atoms with van der Waals surface area (Å²) in [5, 5.41) is 5.69. The van der Waals surface area contributed by atoms with E-state index in [4.69, 9.17) is 34.8 Å². The van der Waals surface area contributed by atoms with Crippen molar-refractivity contribution >= 4 is 46.0 Å². The molecule has 0 saturated heterocycles. The molecule has 0 radical (unpaired) electrons. The zero-order chi connectivity index (χ0) is 15.1. The summed E-state index contributed by atoms with van der Waals surface area (Å²) in [5.41, 5.74) is 3.42. The number of aryl methyl sites for hydroxylation is 2. The van der Waals surface area contributed by atoms with E-state index in [-0.39, 0.29) is 5.88 Å². The second kappa shape index (κ2) is 5.52. The maximum atomic E-state index is 6.33. The number of nitrogens with zero attached hydrogens (tertiary/aromatic N) is 4. The fraction of sp³-hybridized carbons (Fsp3) is 0.286. The van der Waals surface area contributed by atoms with Gasteiger partial charge in [-0.1, -0.05) is 30.1 Å². The molecule has 4 nitrogen and oxygen atoms in total. The van der Waals surface area contributed by atoms with Crippen LogP contribution in [-0.4, -0.2) is 19.3 Å². The van der Waals surface area contributed by atoms with Crippen molar-refractivity contribution in [1.29, 1.82) is 0 Å². The number of benzene rings is 1. The van der Waals surface area contributed by atoms with Crippen LogP contribution in [0.5, 0.6) is 0 Å². The number of imidazole rings is 1. The molecule has 0 aliphatic heterocycles. The lowest BCUT2D eigenvalue weighted by atomic mass is 10.3. The lowest BCUT2D eigenvalue weighted by molar-refractivity contribution is 0.744. The highest BCUT2D eigenvalue weighted by Crippen LogP contribution is 2.30. The van der Waals surface area contributed by atoms with Gasteiger partial charge in [0.25, 0.3) is 0 Å². The van der Waals surface area contributed by atoms with Crippen LogP contribution >= 0.6 is 34.8 Å². The monoisotopic (exact) mass is 342 g/mol. The van der Waals surface area contributed by atoms with Crippen LogP contribution in [0.4, 0.5) is 0 Å². The van der Waals surface area contributed by atoms with Crippen molar-refractivity contribution in [2.75, 3.05) is 0 Å². The number of alkyl halides is 1. The van der Waals surface area contributed by atoms with Crippen LogP contribution in [-0.2, 0) is 19.3 Å². The average molecular weight is 344 g/mol. The molecule has 0 amide bonds. The largest absolute Gasteiger partial charge is 0.278 e. The molecule has 0 bridgehead atoms. The van der Waals surface area contributed by atoms with Crippen LogP contribution in [0.3, 0.4) is 0 Å². The normalized spacial score (nSPS) is 11.5. The highest BCUT2D eigenvalue weighted by molar-refractivity contribution is 6.34. The van der Waals surface area contributed by atoms with Gasteiger partial charge >= 0.3 is 0 Å². The minimum absolute atomic E-state index is 0.278. The van der Waals surface area contributed by atoms with Crippen molar-refractivity contribution in [2.24, 2.45) is 7.05 Å². The Bertz CT molecular complexity index is 819. The van der Waals surface area contributed by atoms with Gasteiger partial charge in [-0.3, -0.25) is 4.57 Å². The van der Waals surface area contributed by atoms with Crippen LogP contribution in [0.15, 0.2) is 18.2 Å². The Morgan fingerprint density at radius 3 is 2.67 bits per heavy atom. The summed E-state index contributed by atoms with van der Waals surface area (Å²) in [6.07, 6.45) is 0.805. The predicted molar refractivity (Wildman–Crippen MR) is 86.8 cm³/mol. The molecule has 0 atom stereocenters. The van der Waals surface area contributed by atoms with E-state index in [1.165, 1.54) is 0 Å². The quantitative estimate of drug-likeness (QED) is 0.662. The van der Waals surface area contributed by atoms with Gasteiger partial charge in [-0.05, 0) is 24.6 Å². The molecule has 7 heteroatoms. The van der Waals surface area contributed by atoms with E-state index in [0.717, 1.165) is 34.8 Å². The highest BCUT2D eigenvalue weighted by atomic mass is 35.5. The van der Waals surface area contributed by atoms with Crippen molar-refractivity contribution in [3.05, 3.63) is 39.8 Å². The average Bonchev–Trinajstić information content (AvgIpc) is 2.99. The molecule has 0 aliphatic rings. The van der Waals surface area contributed by atoms with Crippen molar-refractivity contribution in [3.8, 4) is 5.69 Å². The molecule has 0 spiro atoms. The number of rotatable bonds is 3. The van der Waals surface area contributed by atoms with Gasteiger partial charge in [-0.15, -0.1) is 11.6 Å². The van der Waals surface area contributed by atoms with Gasteiger partial charge in [0.2, 0.25) is 0 Å². The van der Waals surface area contributed by atoms with E-state index < -0.39 is 0 Å². The topological polar surface area (TPSA) is 35.6 Å². The molecule has 0 fully saturated rings. The molecule has 0 N–H and O–H groups in total. The molecule has 3 rings (SSSR count). The van der Waals surface area contributed by atoms with E-state index in [9.17, 15) is 0 Å². The van der Waals surface area contributed by atoms with E-state index in [0.29, 0.717) is 10.0 Å². The zero-order valence-electron chi connectivity index (χ0n) is 11.6. The highest BCUT2D eigenvalue weighted by Gasteiger charge is 2.20. The van der Waals surface area contributed by atoms with E-state index >= 15 is 0 Å². The maximum Gasteiger partial charge on any atom is 0.163 e. The molecule has 0 aliphatic carbocycles. The third-order valence-electron chi connectivity index (χ3n) is 3.38. The summed E-state index contributed by atoms with van der Waals surface area (Å²) >= 11 is 18.5. The lowest BCUT2D eigenvalue weighted by Crippen LogP contribution is -2.05. The minimum Gasteiger partial charge on any atom is -0.278 e. The summed E-state index contributed by atoms with van der Waals surface area (Å²) < 4.78 is 3.72. The standard InChI is InChI=1S/C14H13Cl3N4/c1-3-10-13-14(20(2)19-10)21(12(7-15)18-13)11-6-8(16)4-5-9(11)17/h4-6H,3,7H2,1-2H3. The Morgan fingerprint density at radius 1 is 1.24 bits per heavy atom. The van der Waals surface area contributed by atoms with Gasteiger partial charge in [-0.2, -0.15) is 5.10 Å². The Labute approximate surface area is 137 Å². The molecule has 2 aromatic heterocycles. The molecule has 1 aromatic carbocycles. The van der Waals surface area contributed by atoms with Crippen molar-refractivity contribution in [2.45, 2.75) is 19.2 Å². The van der Waals surface area contributed by atoms with E-state index in [1.807, 2.05) is 18.5 Å². The molecule has 0 saturated carbocycles. The van der Waals surface area contributed by atoms with Crippen molar-refractivity contribution < 1.29 is 0 Å². The Balaban J connectivity index is 2.40. The van der Waals surface area contributed by atoms with Crippen LogP contribution in [0.2, 0.25) is 10.0 Å². The SMILES string of the molecule is CCc1nn(C)c2c1nc(CCl)n2-c1cc(Cl)ccc1Cl. The first-order valence-corrected chi connectivity index (χ1v) is 7.80. The summed E-state index contributed by atoms with van der Waals surface area (Å²) in [6, 6.07) is 5.32. The molecular formula is C14H13Cl3N4. The molecular weight excluding hydrogens is 331 g/mol. The summed E-state index contributed by atoms with van der Waals surface area (Å²) in [4.78, 5) is 4.62. The van der Waals surface area contributed by atoms with Gasteiger partial charge in [0, 0.05) is 12.1 Å². The fourth-order valence-electron chi connectivity index (χ4n) is 2.46. The first kappa shape index (κ1) is 14.7. The van der Waals surface area contributed by atoms with Crippen molar-refractivity contribution in [3.63, 3.8) is 0 Å². The molecule has 3 aromatic rings. The smallest absolute Gasteiger partial charge is 0.163 e. The van der Waals surface area contributed by atoms with Crippen LogP contribution < -0.4 is 0 Å². The maximum absolute atomic E-state index is 6.33. The third-order valence-corrected chi connectivity index (χ3v) is 4.17. The predicted octanol–water partition coefficient (Wildman–Crippen LogP) is 4.37. The first-order chi connectivity index (χ1) is 10.1. The Morgan fingerprint density at radius 2 is 2.00 bits per heavy atom. The van der Waals surface area contributed by atoms with Gasteiger partial charge in [0.05, 0.1) is 22.3 Å². The number of fused-ring (bicyclic) bond motifs is 1. The Hall–Kier alpha value is -1.23. The summed E-state index contributed by atoms with van der Waals surface area (Å²) in [6.45, 7) is 2.05. The second-order valence-corrected chi connectivity index (χ2v) is 5.80. The number of hydrogen-bond acceptors (Lipinski definition) is 2. The fourth-order valence-corrected chi connectivity index (χ4v) is 3.01. The van der Waals surface area contributed by atoms with E-state index in [1.54, 1.807) is 22.9 Å². The molecule has 0 unspecified atom stereocenters. The lowest BCUT2D eigenvalue weighted by Gasteiger charge is -2.10. The second-order valence-electron chi connectivity index (χ2n) is 4.69. The number of halogens is 3. The van der Waals surface area contributed by atoms with Gasteiger partial charge < -0.3 is 0 Å². The molecule has 110 valence electrons. The van der Waals surface area contributed by atoms with Crippen LogP contribution in [0.25, 0.3) is 16.9 Å². The first-order valence-electron chi connectivity index (χ1n) is 6.51. The van der Waals surface area contributed by atoms with E-state index in [2.05, 4.69) is 10.1 Å². The van der Waals surface area contributed by atoms with Gasteiger partial charge in [0.1, 0.15) is 11.3 Å². The van der Waals surface area contributed by atoms with Crippen LogP contribution in [0, 0.1) is 0 Å². The van der Waals surface area contributed by atoms with Crippen molar-refractivity contribution in [1.82, 2.24) is 19.3 Å². The molecule has 21 heavy (non-hydrogen) atoms. The Kier molecular flexibility index (Phi) is 3.86. The number of hydrogen-bond donors (Lipinski definition) is 0. The minimum atomic E-state index is 0.278. The summed E-state index contributed by atoms with van der Waals surface area (Å²) in [7, 11) is 1.89. The van der Waals surface area contributed by atoms with Gasteiger partial charge in [-0.25, -0.2) is 9.67 Å². The third kappa shape index (κ3) is 2.31. The van der Waals surface area contributed by atoms with Gasteiger partial charge in [0.15, 0.2) is 5.65 Å². The zero-order valence-corrected chi connectivity index (χ0v) is 13.8. The molecule has 2 heterocycles. The van der Waals surface area contributed by atoms with Crippen LogP contribution in [0.1, 0.15) is 18.4 Å². The number of aromatic nitrogens is 4. The summed E-state index contributed by atoms with van der Waals surface area (Å²) in [5.74, 6) is 0.999.